The molecule has 2 aliphatic rings. The van der Waals surface area contributed by atoms with Crippen LogP contribution >= 0.6 is 0 Å². The van der Waals surface area contributed by atoms with Crippen LogP contribution in [0.3, 0.4) is 0 Å². The predicted octanol–water partition coefficient (Wildman–Crippen LogP) is 5.58. The van der Waals surface area contributed by atoms with Crippen molar-refractivity contribution in [3.8, 4) is 11.5 Å². The second-order valence-corrected chi connectivity index (χ2v) is 14.8. The second-order valence-electron chi connectivity index (χ2n) is 14.8. The molecule has 6 aromatic rings. The summed E-state index contributed by atoms with van der Waals surface area (Å²) in [6.07, 6.45) is 1.53. The standard InChI is InChI=1S/C43H46N8O4/c1-30(2)36-21-37(40(55-28-32-12-8-5-9-13-32)22-39(36)54-27-31-10-6-4-7-11-31)42(52)50-24-34-15-14-33(20-35(34)25-50)23-48-16-18-49(19-17-48)26-38-41-45-46-47(3)43(53)51(41)29-44-38/h4-15,20-22,29-30H,16-19,23-28H2,1-3H3. The van der Waals surface area contributed by atoms with Crippen molar-refractivity contribution in [3.63, 3.8) is 0 Å². The fraction of sp³-hybridized carbons (Fsp3) is 0.326. The summed E-state index contributed by atoms with van der Waals surface area (Å²) in [7, 11) is 1.58. The van der Waals surface area contributed by atoms with E-state index >= 15 is 0 Å². The number of imidazole rings is 1. The first-order valence-electron chi connectivity index (χ1n) is 18.9. The lowest BCUT2D eigenvalue weighted by Crippen LogP contribution is -2.45. The minimum Gasteiger partial charge on any atom is -0.488 e. The van der Waals surface area contributed by atoms with E-state index in [1.165, 1.54) is 32.1 Å². The molecule has 0 spiro atoms. The van der Waals surface area contributed by atoms with Gasteiger partial charge in [-0.2, -0.15) is 4.68 Å². The molecule has 1 fully saturated rings. The maximum Gasteiger partial charge on any atom is 0.352 e. The lowest BCUT2D eigenvalue weighted by Gasteiger charge is -2.34. The van der Waals surface area contributed by atoms with Crippen LogP contribution in [-0.2, 0) is 46.4 Å². The van der Waals surface area contributed by atoms with Gasteiger partial charge in [0.25, 0.3) is 5.91 Å². The van der Waals surface area contributed by atoms with E-state index in [1.54, 1.807) is 7.05 Å². The van der Waals surface area contributed by atoms with Crippen LogP contribution in [0.2, 0.25) is 0 Å². The zero-order chi connectivity index (χ0) is 37.9. The molecule has 0 unspecified atom stereocenters. The molecule has 0 saturated carbocycles. The lowest BCUT2D eigenvalue weighted by molar-refractivity contribution is 0.0746. The Morgan fingerprint density at radius 2 is 1.38 bits per heavy atom. The Labute approximate surface area is 320 Å². The molecule has 12 nitrogen and oxygen atoms in total. The van der Waals surface area contributed by atoms with Gasteiger partial charge in [0.15, 0.2) is 5.65 Å². The van der Waals surface area contributed by atoms with Crippen LogP contribution in [0.4, 0.5) is 0 Å². The highest BCUT2D eigenvalue weighted by atomic mass is 16.5. The van der Waals surface area contributed by atoms with E-state index in [1.807, 2.05) is 77.7 Å². The Balaban J connectivity index is 0.939. The molecule has 4 aromatic carbocycles. The van der Waals surface area contributed by atoms with Gasteiger partial charge in [-0.3, -0.25) is 14.6 Å². The minimum atomic E-state index is -0.257. The molecule has 0 N–H and O–H groups in total. The summed E-state index contributed by atoms with van der Waals surface area (Å²) < 4.78 is 15.5. The molecule has 0 radical (unpaired) electrons. The van der Waals surface area contributed by atoms with E-state index in [4.69, 9.17) is 9.47 Å². The van der Waals surface area contributed by atoms with Gasteiger partial charge in [-0.05, 0) is 45.4 Å². The summed E-state index contributed by atoms with van der Waals surface area (Å²) in [6, 6.07) is 30.6. The third kappa shape index (κ3) is 8.01. The van der Waals surface area contributed by atoms with E-state index in [9.17, 15) is 9.59 Å². The van der Waals surface area contributed by atoms with Crippen molar-refractivity contribution in [3.05, 3.63) is 152 Å². The lowest BCUT2D eigenvalue weighted by atomic mass is 9.98. The monoisotopic (exact) mass is 738 g/mol. The number of aryl methyl sites for hydroxylation is 1. The Kier molecular flexibility index (Phi) is 10.4. The van der Waals surface area contributed by atoms with E-state index in [0.29, 0.717) is 49.8 Å². The summed E-state index contributed by atoms with van der Waals surface area (Å²) in [4.78, 5) is 38.0. The molecule has 4 heterocycles. The number of carbonyl (C=O) groups is 1. The summed E-state index contributed by atoms with van der Waals surface area (Å²) in [6.45, 7) is 11.2. The highest BCUT2D eigenvalue weighted by molar-refractivity contribution is 5.98. The van der Waals surface area contributed by atoms with Gasteiger partial charge in [0.2, 0.25) is 0 Å². The van der Waals surface area contributed by atoms with Gasteiger partial charge in [0, 0.05) is 65.5 Å². The number of fused-ring (bicyclic) bond motifs is 2. The molecule has 2 aromatic heterocycles. The maximum atomic E-state index is 14.4. The Hall–Kier alpha value is -5.85. The maximum absolute atomic E-state index is 14.4. The van der Waals surface area contributed by atoms with Gasteiger partial charge in [0.1, 0.15) is 36.7 Å². The zero-order valence-electron chi connectivity index (χ0n) is 31.6. The summed E-state index contributed by atoms with van der Waals surface area (Å²) in [5.41, 5.74) is 8.24. The number of hydrogen-bond acceptors (Lipinski definition) is 9. The minimum absolute atomic E-state index is 0.0507. The first kappa shape index (κ1) is 36.1. The number of ether oxygens (including phenoxy) is 2. The molecule has 1 amide bonds. The van der Waals surface area contributed by atoms with Crippen LogP contribution in [0.5, 0.6) is 11.5 Å². The average Bonchev–Trinajstić information content (AvgIpc) is 3.83. The van der Waals surface area contributed by atoms with Crippen LogP contribution in [0.1, 0.15) is 69.2 Å². The van der Waals surface area contributed by atoms with Gasteiger partial charge >= 0.3 is 5.69 Å². The van der Waals surface area contributed by atoms with E-state index in [-0.39, 0.29) is 17.5 Å². The first-order chi connectivity index (χ1) is 26.8. The number of amides is 1. The quantitative estimate of drug-likeness (QED) is 0.159. The summed E-state index contributed by atoms with van der Waals surface area (Å²) in [5.74, 6) is 1.34. The number of nitrogens with zero attached hydrogens (tertiary/aromatic N) is 8. The molecule has 12 heteroatoms. The molecule has 1 saturated heterocycles. The second kappa shape index (κ2) is 15.9. The number of benzene rings is 4. The number of piperazine rings is 1. The van der Waals surface area contributed by atoms with Gasteiger partial charge in [0.05, 0.1) is 5.56 Å². The largest absolute Gasteiger partial charge is 0.488 e. The smallest absolute Gasteiger partial charge is 0.352 e. The Morgan fingerprint density at radius 3 is 2.05 bits per heavy atom. The molecule has 2 aliphatic heterocycles. The SMILES string of the molecule is CC(C)c1cc(C(=O)N2Cc3ccc(CN4CCN(Cc5ncn6c(=O)n(C)nnc56)CC4)cc3C2)c(OCc2ccccc2)cc1OCc1ccccc1. The molecular formula is C43H46N8O4. The first-order valence-corrected chi connectivity index (χ1v) is 18.9. The van der Waals surface area contributed by atoms with Crippen LogP contribution < -0.4 is 15.2 Å². The fourth-order valence-electron chi connectivity index (χ4n) is 7.39. The third-order valence-electron chi connectivity index (χ3n) is 10.5. The Bertz CT molecular complexity index is 2350. The van der Waals surface area contributed by atoms with Gasteiger partial charge < -0.3 is 14.4 Å². The van der Waals surface area contributed by atoms with Crippen LogP contribution in [-0.4, -0.2) is 71.2 Å². The Morgan fingerprint density at radius 1 is 0.745 bits per heavy atom. The molecule has 282 valence electrons. The number of rotatable bonds is 12. The van der Waals surface area contributed by atoms with Crippen molar-refractivity contribution in [1.82, 2.24) is 39.1 Å². The molecule has 0 bridgehead atoms. The van der Waals surface area contributed by atoms with Crippen LogP contribution in [0.15, 0.2) is 102 Å². The predicted molar refractivity (Wildman–Crippen MR) is 209 cm³/mol. The van der Waals surface area contributed by atoms with Gasteiger partial charge in [-0.15, -0.1) is 5.10 Å². The van der Waals surface area contributed by atoms with E-state index < -0.39 is 0 Å². The number of aromatic nitrogens is 5. The molecular weight excluding hydrogens is 693 g/mol. The average molecular weight is 739 g/mol. The molecule has 0 atom stereocenters. The zero-order valence-corrected chi connectivity index (χ0v) is 31.6. The van der Waals surface area contributed by atoms with Crippen molar-refractivity contribution in [2.75, 3.05) is 26.2 Å². The third-order valence-corrected chi connectivity index (χ3v) is 10.5. The highest BCUT2D eigenvalue weighted by Gasteiger charge is 2.29. The van der Waals surface area contributed by atoms with Crippen molar-refractivity contribution in [2.45, 2.75) is 59.2 Å². The highest BCUT2D eigenvalue weighted by Crippen LogP contribution is 2.37. The molecule has 0 aliphatic carbocycles. The van der Waals surface area contributed by atoms with E-state index in [0.717, 1.165) is 60.9 Å². The number of hydrogen-bond donors (Lipinski definition) is 0. The van der Waals surface area contributed by atoms with Crippen molar-refractivity contribution in [2.24, 2.45) is 7.05 Å². The molecule has 55 heavy (non-hydrogen) atoms. The topological polar surface area (TPSA) is 110 Å². The van der Waals surface area contributed by atoms with E-state index in [2.05, 4.69) is 57.1 Å². The van der Waals surface area contributed by atoms with Crippen molar-refractivity contribution >= 4 is 11.6 Å². The number of carbonyl (C=O) groups excluding carboxylic acids is 1. The van der Waals surface area contributed by atoms with Gasteiger partial charge in [-0.1, -0.05) is 97.9 Å². The summed E-state index contributed by atoms with van der Waals surface area (Å²) in [5, 5.41) is 8.12. The van der Waals surface area contributed by atoms with Crippen LogP contribution in [0.25, 0.3) is 5.65 Å². The van der Waals surface area contributed by atoms with Crippen molar-refractivity contribution < 1.29 is 14.3 Å². The van der Waals surface area contributed by atoms with Crippen LogP contribution in [0, 0.1) is 0 Å². The van der Waals surface area contributed by atoms with Gasteiger partial charge in [-0.25, -0.2) is 14.2 Å². The fourth-order valence-corrected chi connectivity index (χ4v) is 7.39. The summed E-state index contributed by atoms with van der Waals surface area (Å²) >= 11 is 0. The van der Waals surface area contributed by atoms with Crippen molar-refractivity contribution in [1.29, 1.82) is 0 Å². The molecule has 8 rings (SSSR count). The normalized spacial score (nSPS) is 14.8.